The third-order valence-corrected chi connectivity index (χ3v) is 7.56. The summed E-state index contributed by atoms with van der Waals surface area (Å²) in [4.78, 5) is 28.9. The number of hydrogen-bond donors (Lipinski definition) is 1. The molecule has 2 aromatic heterocycles. The molecule has 1 saturated carbocycles. The first-order chi connectivity index (χ1) is 15.0. The van der Waals surface area contributed by atoms with Gasteiger partial charge in [-0.25, -0.2) is 4.39 Å². The molecule has 1 atom stereocenters. The number of aromatic nitrogens is 1. The molecule has 0 saturated heterocycles. The standard InChI is InChI=1S/C24H26FN3O2S/c1-24(23(30)26-18-8-3-2-4-9-18)15-27-19-10-11-31-21(19)13-20(27)22(29)28(24)14-16-6-5-7-17(25)12-16/h5-7,10-13,18H,2-4,8-9,14-15H2,1H3,(H,26,30)/t24-/m0/s1. The van der Waals surface area contributed by atoms with Crippen molar-refractivity contribution in [3.8, 4) is 0 Å². The van der Waals surface area contributed by atoms with Crippen LogP contribution in [0.1, 0.15) is 55.1 Å². The highest BCUT2D eigenvalue weighted by atomic mass is 32.1. The van der Waals surface area contributed by atoms with E-state index < -0.39 is 5.54 Å². The molecule has 1 aliphatic carbocycles. The Morgan fingerprint density at radius 3 is 2.81 bits per heavy atom. The van der Waals surface area contributed by atoms with Crippen LogP contribution in [0.2, 0.25) is 0 Å². The summed E-state index contributed by atoms with van der Waals surface area (Å²) in [5, 5.41) is 5.23. The monoisotopic (exact) mass is 439 g/mol. The lowest BCUT2D eigenvalue weighted by Gasteiger charge is -2.45. The lowest BCUT2D eigenvalue weighted by molar-refractivity contribution is -0.134. The van der Waals surface area contributed by atoms with Crippen molar-refractivity contribution in [2.24, 2.45) is 0 Å². The maximum Gasteiger partial charge on any atom is 0.271 e. The Hall–Kier alpha value is -2.67. The number of halogens is 1. The van der Waals surface area contributed by atoms with Gasteiger partial charge >= 0.3 is 0 Å². The third kappa shape index (κ3) is 3.55. The number of nitrogens with one attached hydrogen (secondary N) is 1. The molecule has 2 aliphatic rings. The van der Waals surface area contributed by atoms with Crippen molar-refractivity contribution >= 4 is 33.4 Å². The highest BCUT2D eigenvalue weighted by Gasteiger charge is 2.48. The first-order valence-electron chi connectivity index (χ1n) is 10.9. The molecule has 1 aliphatic heterocycles. The predicted molar refractivity (Wildman–Crippen MR) is 120 cm³/mol. The fraction of sp³-hybridized carbons (Fsp3) is 0.417. The van der Waals surface area contributed by atoms with E-state index in [0.717, 1.165) is 35.9 Å². The SMILES string of the molecule is C[C@@]1(C(=O)NC2CCCCC2)Cn2c(cc3sccc32)C(=O)N1Cc1cccc(F)c1. The van der Waals surface area contributed by atoms with Gasteiger partial charge in [-0.05, 0) is 55.0 Å². The van der Waals surface area contributed by atoms with E-state index in [4.69, 9.17) is 0 Å². The maximum atomic E-state index is 13.8. The van der Waals surface area contributed by atoms with E-state index in [9.17, 15) is 14.0 Å². The molecule has 162 valence electrons. The molecular formula is C24H26FN3O2S. The fourth-order valence-corrected chi connectivity index (χ4v) is 5.75. The highest BCUT2D eigenvalue weighted by molar-refractivity contribution is 7.17. The Bertz CT molecular complexity index is 1150. The minimum atomic E-state index is -1.07. The fourth-order valence-electron chi connectivity index (χ4n) is 4.93. The highest BCUT2D eigenvalue weighted by Crippen LogP contribution is 2.35. The first kappa shape index (κ1) is 20.2. The molecule has 31 heavy (non-hydrogen) atoms. The second-order valence-electron chi connectivity index (χ2n) is 8.89. The van der Waals surface area contributed by atoms with Gasteiger partial charge in [0.1, 0.15) is 17.1 Å². The molecule has 5 rings (SSSR count). The van der Waals surface area contributed by atoms with E-state index in [1.54, 1.807) is 28.4 Å². The number of fused-ring (bicyclic) bond motifs is 3. The summed E-state index contributed by atoms with van der Waals surface area (Å²) in [6, 6.07) is 10.3. The maximum absolute atomic E-state index is 13.8. The number of benzene rings is 1. The molecule has 1 fully saturated rings. The summed E-state index contributed by atoms with van der Waals surface area (Å²) < 4.78 is 16.8. The molecule has 1 N–H and O–H groups in total. The molecule has 3 aromatic rings. The number of carbonyl (C=O) groups is 2. The summed E-state index contributed by atoms with van der Waals surface area (Å²) in [6.07, 6.45) is 5.39. The van der Waals surface area contributed by atoms with Crippen molar-refractivity contribution < 1.29 is 14.0 Å². The number of rotatable bonds is 4. The van der Waals surface area contributed by atoms with E-state index in [-0.39, 0.29) is 30.2 Å². The van der Waals surface area contributed by atoms with Crippen molar-refractivity contribution in [1.82, 2.24) is 14.8 Å². The van der Waals surface area contributed by atoms with Crippen molar-refractivity contribution in [2.75, 3.05) is 0 Å². The van der Waals surface area contributed by atoms with Gasteiger partial charge in [0.25, 0.3) is 5.91 Å². The Balaban J connectivity index is 1.53. The van der Waals surface area contributed by atoms with Gasteiger partial charge in [-0.15, -0.1) is 11.3 Å². The molecule has 5 nitrogen and oxygen atoms in total. The van der Waals surface area contributed by atoms with Gasteiger partial charge in [0, 0.05) is 12.6 Å². The van der Waals surface area contributed by atoms with Crippen molar-refractivity contribution in [3.63, 3.8) is 0 Å². The number of carbonyl (C=O) groups excluding carboxylic acids is 2. The summed E-state index contributed by atoms with van der Waals surface area (Å²) in [5.74, 6) is -0.675. The van der Waals surface area contributed by atoms with Gasteiger partial charge in [-0.2, -0.15) is 0 Å². The zero-order chi connectivity index (χ0) is 21.6. The predicted octanol–water partition coefficient (Wildman–Crippen LogP) is 4.71. The van der Waals surface area contributed by atoms with Crippen molar-refractivity contribution in [1.29, 1.82) is 0 Å². The Labute approximate surface area is 184 Å². The molecule has 7 heteroatoms. The van der Waals surface area contributed by atoms with Crippen LogP contribution in [0.25, 0.3) is 10.2 Å². The van der Waals surface area contributed by atoms with Crippen LogP contribution in [0.15, 0.2) is 41.8 Å². The van der Waals surface area contributed by atoms with E-state index in [1.165, 1.54) is 18.6 Å². The van der Waals surface area contributed by atoms with Gasteiger partial charge in [-0.1, -0.05) is 31.4 Å². The van der Waals surface area contributed by atoms with Gasteiger partial charge in [0.2, 0.25) is 5.91 Å². The zero-order valence-corrected chi connectivity index (χ0v) is 18.4. The number of nitrogens with zero attached hydrogens (tertiary/aromatic N) is 2. The van der Waals surface area contributed by atoms with Crippen LogP contribution in [0.5, 0.6) is 0 Å². The van der Waals surface area contributed by atoms with E-state index >= 15 is 0 Å². The summed E-state index contributed by atoms with van der Waals surface area (Å²) >= 11 is 1.59. The summed E-state index contributed by atoms with van der Waals surface area (Å²) in [6.45, 7) is 2.40. The number of thiophene rings is 1. The van der Waals surface area contributed by atoms with E-state index in [2.05, 4.69) is 5.32 Å². The average molecular weight is 440 g/mol. The quantitative estimate of drug-likeness (QED) is 0.640. The lowest BCUT2D eigenvalue weighted by Crippen LogP contribution is -2.64. The molecule has 1 aromatic carbocycles. The topological polar surface area (TPSA) is 54.3 Å². The number of amides is 2. The molecular weight excluding hydrogens is 413 g/mol. The second kappa shape index (κ2) is 7.79. The van der Waals surface area contributed by atoms with Crippen LogP contribution in [0.4, 0.5) is 4.39 Å². The normalized spacial score (nSPS) is 22.0. The van der Waals surface area contributed by atoms with Crippen LogP contribution in [0, 0.1) is 5.82 Å². The summed E-state index contributed by atoms with van der Waals surface area (Å²) in [7, 11) is 0. The largest absolute Gasteiger partial charge is 0.351 e. The Morgan fingerprint density at radius 2 is 2.03 bits per heavy atom. The minimum Gasteiger partial charge on any atom is -0.351 e. The van der Waals surface area contributed by atoms with E-state index in [0.29, 0.717) is 17.8 Å². The average Bonchev–Trinajstić information content (AvgIpc) is 3.34. The van der Waals surface area contributed by atoms with Crippen LogP contribution >= 0.6 is 11.3 Å². The van der Waals surface area contributed by atoms with Gasteiger partial charge in [0.05, 0.1) is 16.8 Å². The summed E-state index contributed by atoms with van der Waals surface area (Å²) in [5.41, 5.74) is 1.17. The zero-order valence-electron chi connectivity index (χ0n) is 17.6. The molecule has 2 amide bonds. The Morgan fingerprint density at radius 1 is 1.23 bits per heavy atom. The Kier molecular flexibility index (Phi) is 5.08. The van der Waals surface area contributed by atoms with Gasteiger partial charge in [-0.3, -0.25) is 9.59 Å². The second-order valence-corrected chi connectivity index (χ2v) is 9.84. The minimum absolute atomic E-state index is 0.133. The number of hydrogen-bond acceptors (Lipinski definition) is 3. The molecule has 0 bridgehead atoms. The van der Waals surface area contributed by atoms with Crippen LogP contribution in [-0.2, 0) is 17.9 Å². The van der Waals surface area contributed by atoms with E-state index in [1.807, 2.05) is 29.0 Å². The third-order valence-electron chi connectivity index (χ3n) is 6.71. The van der Waals surface area contributed by atoms with Gasteiger partial charge in [0.15, 0.2) is 0 Å². The lowest BCUT2D eigenvalue weighted by atomic mass is 9.91. The first-order valence-corrected chi connectivity index (χ1v) is 11.8. The molecule has 0 unspecified atom stereocenters. The molecule has 3 heterocycles. The van der Waals surface area contributed by atoms with Crippen molar-refractivity contribution in [3.05, 3.63) is 58.9 Å². The van der Waals surface area contributed by atoms with Crippen LogP contribution in [-0.4, -0.2) is 32.9 Å². The molecule has 0 spiro atoms. The van der Waals surface area contributed by atoms with Gasteiger partial charge < -0.3 is 14.8 Å². The van der Waals surface area contributed by atoms with Crippen LogP contribution in [0.3, 0.4) is 0 Å². The molecule has 0 radical (unpaired) electrons. The smallest absolute Gasteiger partial charge is 0.271 e. The van der Waals surface area contributed by atoms with Crippen LogP contribution < -0.4 is 5.32 Å². The van der Waals surface area contributed by atoms with Crippen molar-refractivity contribution in [2.45, 2.75) is 63.7 Å².